The van der Waals surface area contributed by atoms with E-state index in [0.29, 0.717) is 19.3 Å². The van der Waals surface area contributed by atoms with Crippen LogP contribution in [-0.4, -0.2) is 21.4 Å². The molecule has 1 aliphatic heterocycles. The van der Waals surface area contributed by atoms with Crippen molar-refractivity contribution in [2.45, 2.75) is 44.3 Å². The van der Waals surface area contributed by atoms with Crippen LogP contribution in [0, 0.1) is 12.3 Å². The molecule has 106 valence electrons. The van der Waals surface area contributed by atoms with Crippen LogP contribution in [0.2, 0.25) is 0 Å². The Labute approximate surface area is 118 Å². The Balaban J connectivity index is 1.74. The van der Waals surface area contributed by atoms with E-state index in [2.05, 4.69) is 26.6 Å². The van der Waals surface area contributed by atoms with Crippen LogP contribution >= 0.6 is 0 Å². The molecule has 0 aromatic carbocycles. The molecule has 1 aromatic heterocycles. The third-order valence-electron chi connectivity index (χ3n) is 3.41. The molecule has 0 bridgehead atoms. The molecule has 1 N–H and O–H groups in total. The van der Waals surface area contributed by atoms with Gasteiger partial charge in [0.25, 0.3) is 0 Å². The molecule has 6 nitrogen and oxygen atoms in total. The van der Waals surface area contributed by atoms with Crippen LogP contribution in [0.1, 0.15) is 44.2 Å². The summed E-state index contributed by atoms with van der Waals surface area (Å²) in [7, 11) is 1.85. The van der Waals surface area contributed by atoms with Gasteiger partial charge >= 0.3 is 0 Å². The highest BCUT2D eigenvalue weighted by molar-refractivity contribution is 5.76. The average Bonchev–Trinajstić information content (AvgIpc) is 3.07. The minimum absolute atomic E-state index is 0.00117. The molecule has 0 aliphatic carbocycles. The molecular formula is C14H19N5O. The SMILES string of the molecule is C#CCCC1(CCC(=O)NC(C)c2cnn(C)c2)N=N1. The first-order valence-electron chi connectivity index (χ1n) is 6.70. The van der Waals surface area contributed by atoms with Crippen LogP contribution in [0.25, 0.3) is 0 Å². The zero-order valence-electron chi connectivity index (χ0n) is 11.8. The van der Waals surface area contributed by atoms with Crippen molar-refractivity contribution in [2.75, 3.05) is 0 Å². The van der Waals surface area contributed by atoms with E-state index in [0.717, 1.165) is 12.0 Å². The van der Waals surface area contributed by atoms with Crippen LogP contribution in [0.15, 0.2) is 22.6 Å². The Hall–Kier alpha value is -2.16. The number of terminal acetylenes is 1. The first-order valence-corrected chi connectivity index (χ1v) is 6.70. The van der Waals surface area contributed by atoms with Crippen LogP contribution in [-0.2, 0) is 11.8 Å². The molecule has 20 heavy (non-hydrogen) atoms. The number of carbonyl (C=O) groups excluding carboxylic acids is 1. The predicted molar refractivity (Wildman–Crippen MR) is 74.7 cm³/mol. The van der Waals surface area contributed by atoms with E-state index in [9.17, 15) is 4.79 Å². The number of hydrogen-bond donors (Lipinski definition) is 1. The Morgan fingerprint density at radius 1 is 1.55 bits per heavy atom. The molecule has 1 atom stereocenters. The Kier molecular flexibility index (Phi) is 4.18. The van der Waals surface area contributed by atoms with Crippen molar-refractivity contribution >= 4 is 5.91 Å². The molecular weight excluding hydrogens is 254 g/mol. The summed E-state index contributed by atoms with van der Waals surface area (Å²) in [6.45, 7) is 1.94. The van der Waals surface area contributed by atoms with Crippen LogP contribution in [0.4, 0.5) is 0 Å². The van der Waals surface area contributed by atoms with Gasteiger partial charge in [0, 0.05) is 44.5 Å². The Morgan fingerprint density at radius 3 is 2.85 bits per heavy atom. The number of nitrogens with zero attached hydrogens (tertiary/aromatic N) is 4. The van der Waals surface area contributed by atoms with Gasteiger partial charge in [0.1, 0.15) is 0 Å². The summed E-state index contributed by atoms with van der Waals surface area (Å²) in [6.07, 6.45) is 11.3. The van der Waals surface area contributed by atoms with E-state index in [1.807, 2.05) is 20.2 Å². The van der Waals surface area contributed by atoms with Crippen molar-refractivity contribution in [3.63, 3.8) is 0 Å². The molecule has 0 fully saturated rings. The number of aromatic nitrogens is 2. The normalized spacial score (nSPS) is 16.4. The van der Waals surface area contributed by atoms with Gasteiger partial charge < -0.3 is 5.32 Å². The van der Waals surface area contributed by atoms with Crippen LogP contribution in [0.5, 0.6) is 0 Å². The smallest absolute Gasteiger partial charge is 0.220 e. The summed E-state index contributed by atoms with van der Waals surface area (Å²) in [6, 6.07) is -0.0501. The fraction of sp³-hybridized carbons (Fsp3) is 0.571. The lowest BCUT2D eigenvalue weighted by atomic mass is 10.0. The summed E-state index contributed by atoms with van der Waals surface area (Å²) in [5, 5.41) is 15.1. The summed E-state index contributed by atoms with van der Waals surface area (Å²) < 4.78 is 1.72. The lowest BCUT2D eigenvalue weighted by molar-refractivity contribution is -0.122. The zero-order valence-corrected chi connectivity index (χ0v) is 11.8. The molecule has 0 spiro atoms. The van der Waals surface area contributed by atoms with Crippen molar-refractivity contribution in [1.82, 2.24) is 15.1 Å². The van der Waals surface area contributed by atoms with Gasteiger partial charge in [-0.25, -0.2) is 0 Å². The van der Waals surface area contributed by atoms with E-state index >= 15 is 0 Å². The van der Waals surface area contributed by atoms with Crippen molar-refractivity contribution in [1.29, 1.82) is 0 Å². The van der Waals surface area contributed by atoms with Crippen molar-refractivity contribution < 1.29 is 4.79 Å². The van der Waals surface area contributed by atoms with Gasteiger partial charge in [-0.1, -0.05) is 0 Å². The summed E-state index contributed by atoms with van der Waals surface area (Å²) in [4.78, 5) is 11.9. The van der Waals surface area contributed by atoms with Crippen molar-refractivity contribution in [3.05, 3.63) is 18.0 Å². The topological polar surface area (TPSA) is 71.6 Å². The number of rotatable bonds is 7. The third kappa shape index (κ3) is 3.67. The number of amides is 1. The first kappa shape index (κ1) is 14.3. The second-order valence-electron chi connectivity index (χ2n) is 5.12. The number of nitrogens with one attached hydrogen (secondary N) is 1. The number of hydrogen-bond acceptors (Lipinski definition) is 4. The minimum atomic E-state index is -0.388. The van der Waals surface area contributed by atoms with Crippen molar-refractivity contribution in [3.8, 4) is 12.3 Å². The largest absolute Gasteiger partial charge is 0.349 e. The maximum atomic E-state index is 11.9. The zero-order chi connectivity index (χ0) is 14.6. The monoisotopic (exact) mass is 273 g/mol. The molecule has 1 aromatic rings. The maximum Gasteiger partial charge on any atom is 0.220 e. The molecule has 0 radical (unpaired) electrons. The van der Waals surface area contributed by atoms with Gasteiger partial charge in [-0.15, -0.1) is 12.3 Å². The van der Waals surface area contributed by atoms with Gasteiger partial charge in [0.15, 0.2) is 5.66 Å². The molecule has 1 aliphatic rings. The first-order chi connectivity index (χ1) is 9.54. The summed E-state index contributed by atoms with van der Waals surface area (Å²) in [5.74, 6) is 2.58. The minimum Gasteiger partial charge on any atom is -0.349 e. The highest BCUT2D eigenvalue weighted by Gasteiger charge is 2.39. The molecule has 1 amide bonds. The molecule has 0 saturated carbocycles. The fourth-order valence-corrected chi connectivity index (χ4v) is 2.04. The van der Waals surface area contributed by atoms with E-state index in [-0.39, 0.29) is 17.6 Å². The predicted octanol–water partition coefficient (Wildman–Crippen LogP) is 1.95. The van der Waals surface area contributed by atoms with E-state index < -0.39 is 0 Å². The fourth-order valence-electron chi connectivity index (χ4n) is 2.04. The van der Waals surface area contributed by atoms with Gasteiger partial charge in [-0.2, -0.15) is 15.3 Å². The Morgan fingerprint density at radius 2 is 2.30 bits per heavy atom. The lowest BCUT2D eigenvalue weighted by Crippen LogP contribution is -2.27. The van der Waals surface area contributed by atoms with E-state index in [1.165, 1.54) is 0 Å². The molecule has 1 unspecified atom stereocenters. The Bertz CT molecular complexity index is 548. The van der Waals surface area contributed by atoms with Gasteiger partial charge in [-0.05, 0) is 6.92 Å². The average molecular weight is 273 g/mol. The van der Waals surface area contributed by atoms with Gasteiger partial charge in [-0.3, -0.25) is 9.48 Å². The van der Waals surface area contributed by atoms with Crippen molar-refractivity contribution in [2.24, 2.45) is 17.3 Å². The number of carbonyl (C=O) groups is 1. The molecule has 2 rings (SSSR count). The maximum absolute atomic E-state index is 11.9. The molecule has 0 saturated heterocycles. The van der Waals surface area contributed by atoms with Gasteiger partial charge in [0.05, 0.1) is 12.2 Å². The summed E-state index contributed by atoms with van der Waals surface area (Å²) in [5.41, 5.74) is 0.602. The molecule has 6 heteroatoms. The standard InChI is InChI=1S/C14H19N5O/c1-4-5-7-14(17-18-14)8-6-13(20)16-11(2)12-9-15-19(3)10-12/h1,9-11H,5-8H2,2-3H3,(H,16,20). The van der Waals surface area contributed by atoms with Gasteiger partial charge in [0.2, 0.25) is 5.91 Å². The highest BCUT2D eigenvalue weighted by atomic mass is 16.1. The van der Waals surface area contributed by atoms with Crippen LogP contribution < -0.4 is 5.32 Å². The quantitative estimate of drug-likeness (QED) is 0.771. The highest BCUT2D eigenvalue weighted by Crippen LogP contribution is 2.37. The van der Waals surface area contributed by atoms with E-state index in [1.54, 1.807) is 10.9 Å². The third-order valence-corrected chi connectivity index (χ3v) is 3.41. The molecule has 2 heterocycles. The lowest BCUT2D eigenvalue weighted by Gasteiger charge is -2.13. The number of aryl methyl sites for hydroxylation is 1. The van der Waals surface area contributed by atoms with E-state index in [4.69, 9.17) is 6.42 Å². The second kappa shape index (κ2) is 5.87. The second-order valence-corrected chi connectivity index (χ2v) is 5.12. The summed E-state index contributed by atoms with van der Waals surface area (Å²) >= 11 is 0. The van der Waals surface area contributed by atoms with Crippen LogP contribution in [0.3, 0.4) is 0 Å².